The van der Waals surface area contributed by atoms with Crippen LogP contribution in [-0.4, -0.2) is 36.3 Å². The summed E-state index contributed by atoms with van der Waals surface area (Å²) in [6.07, 6.45) is 3.62. The van der Waals surface area contributed by atoms with E-state index in [1.165, 1.54) is 0 Å². The molecule has 1 aromatic rings. The number of hydrogen-bond donors (Lipinski definition) is 1. The molecule has 1 N–H and O–H groups in total. The molecular formula is C12H18ClN3O2. The van der Waals surface area contributed by atoms with Crippen LogP contribution >= 0.6 is 11.6 Å². The molecule has 100 valence electrons. The molecule has 1 aliphatic rings. The van der Waals surface area contributed by atoms with E-state index in [-0.39, 0.29) is 0 Å². The van der Waals surface area contributed by atoms with E-state index < -0.39 is 0 Å². The topological polar surface area (TPSA) is 56.3 Å². The van der Waals surface area contributed by atoms with Crippen LogP contribution in [0.25, 0.3) is 0 Å². The zero-order valence-corrected chi connectivity index (χ0v) is 11.2. The SMILES string of the molecule is CCNc1ncc(Cl)c(OCC2CCOCC2)n1. The van der Waals surface area contributed by atoms with E-state index in [9.17, 15) is 0 Å². The van der Waals surface area contributed by atoms with Crippen LogP contribution in [0.3, 0.4) is 0 Å². The molecule has 0 unspecified atom stereocenters. The van der Waals surface area contributed by atoms with Gasteiger partial charge in [-0.2, -0.15) is 4.98 Å². The Morgan fingerprint density at radius 3 is 3.00 bits per heavy atom. The Hall–Kier alpha value is -1.07. The maximum atomic E-state index is 6.01. The standard InChI is InChI=1S/C12H18ClN3O2/c1-2-14-12-15-7-10(13)11(16-12)18-8-9-3-5-17-6-4-9/h7,9H,2-6,8H2,1H3,(H,14,15,16). The molecule has 0 saturated carbocycles. The van der Waals surface area contributed by atoms with Crippen LogP contribution in [0.5, 0.6) is 5.88 Å². The van der Waals surface area contributed by atoms with Crippen molar-refractivity contribution in [3.8, 4) is 5.88 Å². The molecule has 0 spiro atoms. The predicted octanol–water partition coefficient (Wildman–Crippen LogP) is 2.37. The van der Waals surface area contributed by atoms with Crippen molar-refractivity contribution >= 4 is 17.5 Å². The first-order chi connectivity index (χ1) is 8.79. The highest BCUT2D eigenvalue weighted by Crippen LogP contribution is 2.24. The van der Waals surface area contributed by atoms with E-state index in [0.29, 0.717) is 29.4 Å². The Balaban J connectivity index is 1.92. The van der Waals surface area contributed by atoms with Gasteiger partial charge < -0.3 is 14.8 Å². The van der Waals surface area contributed by atoms with Gasteiger partial charge in [-0.1, -0.05) is 11.6 Å². The Labute approximate surface area is 112 Å². The van der Waals surface area contributed by atoms with Crippen LogP contribution in [-0.2, 0) is 4.74 Å². The van der Waals surface area contributed by atoms with Gasteiger partial charge in [0.25, 0.3) is 0 Å². The van der Waals surface area contributed by atoms with Gasteiger partial charge in [0.05, 0.1) is 12.8 Å². The average molecular weight is 272 g/mol. The fraction of sp³-hybridized carbons (Fsp3) is 0.667. The summed E-state index contributed by atoms with van der Waals surface area (Å²) in [6, 6.07) is 0. The molecule has 0 bridgehead atoms. The molecule has 2 rings (SSSR count). The lowest BCUT2D eigenvalue weighted by atomic mass is 10.0. The number of anilines is 1. The van der Waals surface area contributed by atoms with Crippen molar-refractivity contribution in [3.05, 3.63) is 11.2 Å². The van der Waals surface area contributed by atoms with Crippen molar-refractivity contribution in [2.75, 3.05) is 31.7 Å². The van der Waals surface area contributed by atoms with Crippen LogP contribution in [0, 0.1) is 5.92 Å². The second-order valence-electron chi connectivity index (χ2n) is 4.24. The van der Waals surface area contributed by atoms with Crippen molar-refractivity contribution in [2.45, 2.75) is 19.8 Å². The largest absolute Gasteiger partial charge is 0.476 e. The summed E-state index contributed by atoms with van der Waals surface area (Å²) in [5.41, 5.74) is 0. The summed E-state index contributed by atoms with van der Waals surface area (Å²) in [5, 5.41) is 3.48. The minimum absolute atomic E-state index is 0.448. The highest BCUT2D eigenvalue weighted by Gasteiger charge is 2.16. The molecule has 0 radical (unpaired) electrons. The minimum atomic E-state index is 0.448. The summed E-state index contributed by atoms with van der Waals surface area (Å²) in [7, 11) is 0. The van der Waals surface area contributed by atoms with E-state index in [1.54, 1.807) is 6.20 Å². The van der Waals surface area contributed by atoms with Gasteiger partial charge in [-0.05, 0) is 25.7 Å². The molecule has 0 aliphatic carbocycles. The molecule has 6 heteroatoms. The van der Waals surface area contributed by atoms with Gasteiger partial charge in [-0.15, -0.1) is 0 Å². The van der Waals surface area contributed by atoms with Gasteiger partial charge in [0.1, 0.15) is 5.02 Å². The number of nitrogens with one attached hydrogen (secondary N) is 1. The van der Waals surface area contributed by atoms with E-state index in [2.05, 4.69) is 15.3 Å². The summed E-state index contributed by atoms with van der Waals surface area (Å²) in [4.78, 5) is 8.31. The van der Waals surface area contributed by atoms with Gasteiger partial charge in [0.15, 0.2) is 0 Å². The smallest absolute Gasteiger partial charge is 0.237 e. The monoisotopic (exact) mass is 271 g/mol. The number of nitrogens with zero attached hydrogens (tertiary/aromatic N) is 2. The van der Waals surface area contributed by atoms with Gasteiger partial charge >= 0.3 is 0 Å². The second kappa shape index (κ2) is 6.75. The van der Waals surface area contributed by atoms with Crippen molar-refractivity contribution < 1.29 is 9.47 Å². The number of halogens is 1. The lowest BCUT2D eigenvalue weighted by molar-refractivity contribution is 0.0490. The maximum absolute atomic E-state index is 6.01. The summed E-state index contributed by atoms with van der Waals surface area (Å²) in [6.45, 7) is 5.01. The first-order valence-electron chi connectivity index (χ1n) is 6.26. The predicted molar refractivity (Wildman–Crippen MR) is 70.2 cm³/mol. The Bertz CT molecular complexity index is 384. The van der Waals surface area contributed by atoms with Crippen LogP contribution in [0.15, 0.2) is 6.20 Å². The number of hydrogen-bond acceptors (Lipinski definition) is 5. The van der Waals surface area contributed by atoms with Crippen molar-refractivity contribution in [2.24, 2.45) is 5.92 Å². The Morgan fingerprint density at radius 2 is 2.28 bits per heavy atom. The normalized spacial score (nSPS) is 16.6. The third-order valence-corrected chi connectivity index (χ3v) is 3.10. The molecule has 1 saturated heterocycles. The minimum Gasteiger partial charge on any atom is -0.476 e. The fourth-order valence-electron chi connectivity index (χ4n) is 1.81. The number of ether oxygens (including phenoxy) is 2. The number of aromatic nitrogens is 2. The van der Waals surface area contributed by atoms with Crippen molar-refractivity contribution in [3.63, 3.8) is 0 Å². The molecule has 0 atom stereocenters. The first kappa shape index (κ1) is 13.4. The average Bonchev–Trinajstić information content (AvgIpc) is 2.41. The first-order valence-corrected chi connectivity index (χ1v) is 6.64. The molecular weight excluding hydrogens is 254 g/mol. The highest BCUT2D eigenvalue weighted by molar-refractivity contribution is 6.31. The third kappa shape index (κ3) is 3.71. The molecule has 18 heavy (non-hydrogen) atoms. The lowest BCUT2D eigenvalue weighted by Crippen LogP contribution is -2.21. The summed E-state index contributed by atoms with van der Waals surface area (Å²) in [5.74, 6) is 1.52. The van der Waals surface area contributed by atoms with Crippen LogP contribution in [0.1, 0.15) is 19.8 Å². The lowest BCUT2D eigenvalue weighted by Gasteiger charge is -2.22. The molecule has 0 aromatic carbocycles. The maximum Gasteiger partial charge on any atom is 0.237 e. The summed E-state index contributed by atoms with van der Waals surface area (Å²) < 4.78 is 11.0. The van der Waals surface area contributed by atoms with Gasteiger partial charge in [-0.25, -0.2) is 4.98 Å². The van der Waals surface area contributed by atoms with E-state index >= 15 is 0 Å². The second-order valence-corrected chi connectivity index (χ2v) is 4.65. The molecule has 1 aromatic heterocycles. The molecule has 1 fully saturated rings. The van der Waals surface area contributed by atoms with Crippen LogP contribution in [0.2, 0.25) is 5.02 Å². The molecule has 1 aliphatic heterocycles. The van der Waals surface area contributed by atoms with E-state index in [4.69, 9.17) is 21.1 Å². The van der Waals surface area contributed by atoms with E-state index in [0.717, 1.165) is 32.6 Å². The Morgan fingerprint density at radius 1 is 1.50 bits per heavy atom. The van der Waals surface area contributed by atoms with Crippen molar-refractivity contribution in [1.29, 1.82) is 0 Å². The fourth-order valence-corrected chi connectivity index (χ4v) is 1.95. The van der Waals surface area contributed by atoms with Gasteiger partial charge in [0, 0.05) is 19.8 Å². The highest BCUT2D eigenvalue weighted by atomic mass is 35.5. The van der Waals surface area contributed by atoms with Gasteiger partial charge in [0.2, 0.25) is 11.8 Å². The zero-order chi connectivity index (χ0) is 12.8. The zero-order valence-electron chi connectivity index (χ0n) is 10.5. The quantitative estimate of drug-likeness (QED) is 0.891. The third-order valence-electron chi connectivity index (χ3n) is 2.84. The number of rotatable bonds is 5. The summed E-state index contributed by atoms with van der Waals surface area (Å²) >= 11 is 6.01. The van der Waals surface area contributed by atoms with Crippen LogP contribution in [0.4, 0.5) is 5.95 Å². The molecule has 5 nitrogen and oxygen atoms in total. The van der Waals surface area contributed by atoms with E-state index in [1.807, 2.05) is 6.92 Å². The molecule has 0 amide bonds. The van der Waals surface area contributed by atoms with Crippen LogP contribution < -0.4 is 10.1 Å². The van der Waals surface area contributed by atoms with Crippen molar-refractivity contribution in [1.82, 2.24) is 9.97 Å². The van der Waals surface area contributed by atoms with Gasteiger partial charge in [-0.3, -0.25) is 0 Å². The Kier molecular flexibility index (Phi) is 5.01. The molecule has 2 heterocycles.